The highest BCUT2D eigenvalue weighted by Gasteiger charge is 2.16. The van der Waals surface area contributed by atoms with E-state index < -0.39 is 11.7 Å². The summed E-state index contributed by atoms with van der Waals surface area (Å²) in [5.41, 5.74) is 1.58. The molecule has 5 heteroatoms. The third kappa shape index (κ3) is 4.77. The minimum atomic E-state index is -0.541. The number of carbonyl (C=O) groups is 2. The Kier molecular flexibility index (Phi) is 4.65. The summed E-state index contributed by atoms with van der Waals surface area (Å²) >= 11 is 0. The summed E-state index contributed by atoms with van der Waals surface area (Å²) in [5, 5.41) is 2.69. The molecular formula is C17H19NO4. The van der Waals surface area contributed by atoms with E-state index in [0.717, 1.165) is 11.8 Å². The minimum absolute atomic E-state index is 0.495. The van der Waals surface area contributed by atoms with Gasteiger partial charge in [-0.05, 0) is 44.5 Å². The number of aldehydes is 1. The Morgan fingerprint density at radius 3 is 2.73 bits per heavy atom. The van der Waals surface area contributed by atoms with E-state index in [4.69, 9.17) is 9.15 Å². The van der Waals surface area contributed by atoms with Gasteiger partial charge < -0.3 is 9.15 Å². The van der Waals surface area contributed by atoms with Crippen LogP contribution in [0, 0.1) is 0 Å². The molecule has 1 N–H and O–H groups in total. The average molecular weight is 301 g/mol. The van der Waals surface area contributed by atoms with Crippen molar-refractivity contribution in [2.45, 2.75) is 32.8 Å². The molecule has 0 aliphatic carbocycles. The first-order valence-electron chi connectivity index (χ1n) is 6.97. The van der Waals surface area contributed by atoms with Gasteiger partial charge in [0.2, 0.25) is 0 Å². The number of carbonyl (C=O) groups excluding carboxylic acids is 2. The summed E-state index contributed by atoms with van der Waals surface area (Å²) in [4.78, 5) is 22.4. The normalized spacial score (nSPS) is 11.0. The lowest BCUT2D eigenvalue weighted by Gasteiger charge is -2.19. The molecule has 0 saturated heterocycles. The number of benzene rings is 1. The van der Waals surface area contributed by atoms with Crippen LogP contribution in [-0.2, 0) is 11.2 Å². The molecule has 0 unspecified atom stereocenters. The van der Waals surface area contributed by atoms with E-state index in [-0.39, 0.29) is 0 Å². The molecule has 0 radical (unpaired) electrons. The van der Waals surface area contributed by atoms with Gasteiger partial charge in [0, 0.05) is 12.1 Å². The Labute approximate surface area is 129 Å². The summed E-state index contributed by atoms with van der Waals surface area (Å²) < 4.78 is 10.5. The molecule has 5 nitrogen and oxygen atoms in total. The smallest absolute Gasteiger partial charge is 0.412 e. The molecule has 1 aromatic carbocycles. The zero-order chi connectivity index (χ0) is 16.2. The van der Waals surface area contributed by atoms with Gasteiger partial charge in [0.05, 0.1) is 5.56 Å². The first-order chi connectivity index (χ1) is 10.4. The van der Waals surface area contributed by atoms with Gasteiger partial charge in [0.15, 0.2) is 6.29 Å². The maximum absolute atomic E-state index is 11.7. The number of furan rings is 1. The number of rotatable bonds is 4. The monoisotopic (exact) mass is 301 g/mol. The van der Waals surface area contributed by atoms with Gasteiger partial charge in [-0.25, -0.2) is 4.79 Å². The van der Waals surface area contributed by atoms with Gasteiger partial charge in [-0.2, -0.15) is 0 Å². The van der Waals surface area contributed by atoms with Crippen molar-refractivity contribution in [1.82, 2.24) is 0 Å². The van der Waals surface area contributed by atoms with Crippen molar-refractivity contribution >= 4 is 18.1 Å². The summed E-state index contributed by atoms with van der Waals surface area (Å²) in [5.74, 6) is 0.691. The molecular weight excluding hydrogens is 282 g/mol. The molecule has 0 saturated carbocycles. The molecule has 1 heterocycles. The Morgan fingerprint density at radius 1 is 1.32 bits per heavy atom. The molecule has 116 valence electrons. The van der Waals surface area contributed by atoms with Crippen LogP contribution in [0.4, 0.5) is 10.5 Å². The molecule has 0 spiro atoms. The number of ether oxygens (including phenoxy) is 1. The minimum Gasteiger partial charge on any atom is -0.468 e. The highest BCUT2D eigenvalue weighted by atomic mass is 16.6. The van der Waals surface area contributed by atoms with Crippen LogP contribution in [0.1, 0.15) is 42.5 Å². The highest BCUT2D eigenvalue weighted by molar-refractivity contribution is 5.85. The Morgan fingerprint density at radius 2 is 2.09 bits per heavy atom. The Hall–Kier alpha value is -2.56. The van der Waals surface area contributed by atoms with Crippen LogP contribution in [0.15, 0.2) is 41.0 Å². The molecule has 22 heavy (non-hydrogen) atoms. The quantitative estimate of drug-likeness (QED) is 0.866. The Bertz CT molecular complexity index is 667. The largest absolute Gasteiger partial charge is 0.468 e. The summed E-state index contributed by atoms with van der Waals surface area (Å²) in [6.45, 7) is 5.43. The van der Waals surface area contributed by atoms with Crippen LogP contribution in [0.2, 0.25) is 0 Å². The van der Waals surface area contributed by atoms with Crippen LogP contribution >= 0.6 is 0 Å². The molecule has 0 bridgehead atoms. The van der Waals surface area contributed by atoms with Crippen LogP contribution in [0.3, 0.4) is 0 Å². The molecule has 1 amide bonds. The fourth-order valence-corrected chi connectivity index (χ4v) is 1.93. The summed E-state index contributed by atoms with van der Waals surface area (Å²) in [6, 6.07) is 9.08. The van der Waals surface area contributed by atoms with Crippen molar-refractivity contribution in [3.05, 3.63) is 53.5 Å². The van der Waals surface area contributed by atoms with Crippen molar-refractivity contribution < 1.29 is 18.7 Å². The van der Waals surface area contributed by atoms with Crippen molar-refractivity contribution in [2.24, 2.45) is 0 Å². The van der Waals surface area contributed by atoms with E-state index in [1.54, 1.807) is 12.1 Å². The van der Waals surface area contributed by atoms with Gasteiger partial charge >= 0.3 is 6.09 Å². The van der Waals surface area contributed by atoms with E-state index in [1.165, 1.54) is 6.26 Å². The second-order valence-corrected chi connectivity index (χ2v) is 5.97. The van der Waals surface area contributed by atoms with Crippen LogP contribution in [-0.4, -0.2) is 18.0 Å². The highest BCUT2D eigenvalue weighted by Crippen LogP contribution is 2.17. The topological polar surface area (TPSA) is 68.5 Å². The predicted molar refractivity (Wildman–Crippen MR) is 83.2 cm³/mol. The number of anilines is 1. The van der Waals surface area contributed by atoms with E-state index in [9.17, 15) is 9.59 Å². The zero-order valence-corrected chi connectivity index (χ0v) is 12.9. The first-order valence-corrected chi connectivity index (χ1v) is 6.97. The maximum Gasteiger partial charge on any atom is 0.412 e. The summed E-state index contributed by atoms with van der Waals surface area (Å²) in [6.07, 6.45) is 2.21. The van der Waals surface area contributed by atoms with Crippen molar-refractivity contribution in [3.63, 3.8) is 0 Å². The standard InChI is InChI=1S/C17H19NO4/c1-17(2,3)22-16(20)18-14-6-4-5-12(7-14)8-15-9-13(10-19)11-21-15/h4-7,9-11H,8H2,1-3H3,(H,18,20). The lowest BCUT2D eigenvalue weighted by molar-refractivity contribution is 0.0636. The van der Waals surface area contributed by atoms with Crippen molar-refractivity contribution in [3.8, 4) is 0 Å². The van der Waals surface area contributed by atoms with Crippen molar-refractivity contribution in [2.75, 3.05) is 5.32 Å². The molecule has 0 fully saturated rings. The van der Waals surface area contributed by atoms with Gasteiger partial charge in [-0.1, -0.05) is 12.1 Å². The SMILES string of the molecule is CC(C)(C)OC(=O)Nc1cccc(Cc2cc(C=O)co2)c1. The second kappa shape index (κ2) is 6.47. The second-order valence-electron chi connectivity index (χ2n) is 5.97. The fraction of sp³-hybridized carbons (Fsp3) is 0.294. The molecule has 1 aromatic heterocycles. The maximum atomic E-state index is 11.7. The zero-order valence-electron chi connectivity index (χ0n) is 12.9. The van der Waals surface area contributed by atoms with E-state index in [1.807, 2.05) is 39.0 Å². The molecule has 0 aliphatic rings. The first kappa shape index (κ1) is 15.8. The lowest BCUT2D eigenvalue weighted by atomic mass is 10.1. The van der Waals surface area contributed by atoms with Gasteiger partial charge in [0.1, 0.15) is 17.6 Å². The number of hydrogen-bond acceptors (Lipinski definition) is 4. The lowest BCUT2D eigenvalue weighted by Crippen LogP contribution is -2.27. The number of hydrogen-bond donors (Lipinski definition) is 1. The molecule has 0 atom stereocenters. The van der Waals surface area contributed by atoms with E-state index in [0.29, 0.717) is 23.4 Å². The van der Waals surface area contributed by atoms with Crippen LogP contribution in [0.5, 0.6) is 0 Å². The van der Waals surface area contributed by atoms with Crippen LogP contribution < -0.4 is 5.32 Å². The third-order valence-electron chi connectivity index (χ3n) is 2.76. The molecule has 2 aromatic rings. The van der Waals surface area contributed by atoms with E-state index in [2.05, 4.69) is 5.32 Å². The Balaban J connectivity index is 2.03. The summed E-state index contributed by atoms with van der Waals surface area (Å²) in [7, 11) is 0. The number of nitrogens with one attached hydrogen (secondary N) is 1. The van der Waals surface area contributed by atoms with Gasteiger partial charge in [0.25, 0.3) is 0 Å². The van der Waals surface area contributed by atoms with Gasteiger partial charge in [-0.3, -0.25) is 10.1 Å². The van der Waals surface area contributed by atoms with E-state index >= 15 is 0 Å². The van der Waals surface area contributed by atoms with Crippen molar-refractivity contribution in [1.29, 1.82) is 0 Å². The number of amides is 1. The third-order valence-corrected chi connectivity index (χ3v) is 2.76. The van der Waals surface area contributed by atoms with Gasteiger partial charge in [-0.15, -0.1) is 0 Å². The average Bonchev–Trinajstić information content (AvgIpc) is 2.84. The van der Waals surface area contributed by atoms with Crippen LogP contribution in [0.25, 0.3) is 0 Å². The molecule has 2 rings (SSSR count). The fourth-order valence-electron chi connectivity index (χ4n) is 1.93. The predicted octanol–water partition coefficient (Wildman–Crippen LogP) is 4.03. The molecule has 0 aliphatic heterocycles.